The Morgan fingerprint density at radius 1 is 1.04 bits per heavy atom. The van der Waals surface area contributed by atoms with Crippen molar-refractivity contribution in [3.8, 4) is 0 Å². The number of carbonyl (C=O) groups excluding carboxylic acids is 1. The number of nitrogens with zero attached hydrogens (tertiary/aromatic N) is 4. The average molecular weight is 462 g/mol. The van der Waals surface area contributed by atoms with Gasteiger partial charge in [-0.05, 0) is 0 Å². The monoisotopic (exact) mass is 464 g/mol. The number of hydrogen-bond donors (Lipinski definition) is 1. The van der Waals surface area contributed by atoms with E-state index in [-0.39, 0.29) is 30.3 Å². The Bertz CT molecular complexity index is 595. The van der Waals surface area contributed by atoms with Gasteiger partial charge in [-0.2, -0.15) is 0 Å². The van der Waals surface area contributed by atoms with Crippen LogP contribution >= 0.6 is 0 Å². The first-order valence-corrected chi connectivity index (χ1v) is 9.81. The summed E-state index contributed by atoms with van der Waals surface area (Å²) in [5.41, 5.74) is 0.0448. The first-order valence-electron chi connectivity index (χ1n) is 8.10. The number of carbonyl (C=O) groups is 1. The van der Waals surface area contributed by atoms with E-state index in [1.54, 1.807) is 0 Å². The maximum absolute atomic E-state index is 12.6. The molecule has 2 aliphatic rings. The molecule has 0 heterocycles. The summed E-state index contributed by atoms with van der Waals surface area (Å²) >= 11 is 6.12. The molecule has 0 bridgehead atoms. The van der Waals surface area contributed by atoms with Crippen molar-refractivity contribution in [2.45, 2.75) is 25.7 Å². The van der Waals surface area contributed by atoms with Gasteiger partial charge in [-0.1, -0.05) is 0 Å². The van der Waals surface area contributed by atoms with E-state index < -0.39 is 0 Å². The third-order valence-electron chi connectivity index (χ3n) is 4.11. The second kappa shape index (κ2) is 8.52. The zero-order valence-corrected chi connectivity index (χ0v) is 17.8. The molecule has 2 fully saturated rings. The number of aliphatic hydroxyl groups excluding tert-OH is 1. The van der Waals surface area contributed by atoms with Crippen LogP contribution in [0.4, 0.5) is 0 Å². The standard InChI is InChI=1S/C16H24N4O2Se2/c1-17-18-14(12(21)8-19(2)15(23)10-4-5-10)13(22)9-20(3)16(24)11-6-7-11/h10-11,21H,4-9H2,1-3H3. The summed E-state index contributed by atoms with van der Waals surface area (Å²) in [6, 6.07) is 0. The maximum atomic E-state index is 12.6. The van der Waals surface area contributed by atoms with Crippen LogP contribution in [0.5, 0.6) is 0 Å². The van der Waals surface area contributed by atoms with Crippen molar-refractivity contribution >= 4 is 46.0 Å². The molecule has 24 heavy (non-hydrogen) atoms. The molecule has 0 saturated heterocycles. The molecular weight excluding hydrogens is 438 g/mol. The fourth-order valence-corrected chi connectivity index (χ4v) is 3.66. The van der Waals surface area contributed by atoms with Crippen LogP contribution < -0.4 is 0 Å². The zero-order valence-electron chi connectivity index (χ0n) is 14.4. The van der Waals surface area contributed by atoms with Gasteiger partial charge in [-0.25, -0.2) is 0 Å². The summed E-state index contributed by atoms with van der Waals surface area (Å²) in [6.07, 6.45) is 4.69. The topological polar surface area (TPSA) is 68.5 Å². The van der Waals surface area contributed by atoms with E-state index in [1.807, 2.05) is 23.9 Å². The molecule has 2 rings (SSSR count). The predicted octanol–water partition coefficient (Wildman–Crippen LogP) is 0.688. The van der Waals surface area contributed by atoms with E-state index in [0.29, 0.717) is 11.8 Å². The molecule has 1 N–H and O–H groups in total. The fraction of sp³-hybridized carbons (Fsp3) is 0.688. The molecular formula is C16H24N4O2Se2. The summed E-state index contributed by atoms with van der Waals surface area (Å²) in [4.78, 5) is 16.4. The van der Waals surface area contributed by atoms with Gasteiger partial charge in [-0.3, -0.25) is 0 Å². The number of Topliss-reactive ketones (excluding diaryl/α,β-unsaturated/α-hetero) is 1. The van der Waals surface area contributed by atoms with Crippen LogP contribution in [0.25, 0.3) is 0 Å². The number of aliphatic hydroxyl groups is 1. The molecule has 2 saturated carbocycles. The fourth-order valence-electron chi connectivity index (χ4n) is 2.40. The Balaban J connectivity index is 2.02. The van der Waals surface area contributed by atoms with Crippen LogP contribution in [0, 0.1) is 11.8 Å². The van der Waals surface area contributed by atoms with E-state index in [2.05, 4.69) is 41.4 Å². The quantitative estimate of drug-likeness (QED) is 0.225. The summed E-state index contributed by atoms with van der Waals surface area (Å²) in [5, 5.41) is 18.0. The summed E-state index contributed by atoms with van der Waals surface area (Å²) in [7, 11) is 5.28. The summed E-state index contributed by atoms with van der Waals surface area (Å²) < 4.78 is 2.21. The second-order valence-corrected chi connectivity index (χ2v) is 8.21. The van der Waals surface area contributed by atoms with Crippen LogP contribution in [0.3, 0.4) is 0 Å². The Hall–Kier alpha value is -0.811. The van der Waals surface area contributed by atoms with Crippen molar-refractivity contribution in [2.24, 2.45) is 22.1 Å². The number of rotatable bonds is 10. The van der Waals surface area contributed by atoms with Gasteiger partial charge >= 0.3 is 159 Å². The van der Waals surface area contributed by atoms with Crippen LogP contribution in [0.2, 0.25) is 0 Å². The third-order valence-corrected chi connectivity index (χ3v) is 6.82. The molecule has 0 atom stereocenters. The summed E-state index contributed by atoms with van der Waals surface area (Å²) in [5.74, 6) is 0.847. The van der Waals surface area contributed by atoms with Crippen molar-refractivity contribution < 1.29 is 9.90 Å². The molecule has 0 unspecified atom stereocenters. The molecule has 0 aromatic rings. The SMILES string of the molecule is CN=NC(C(=O)CN(C)C(=[Se])C1CC1)=C(O)CN(C)C(=[Se])C1CC1. The van der Waals surface area contributed by atoms with Crippen molar-refractivity contribution in [3.63, 3.8) is 0 Å². The van der Waals surface area contributed by atoms with E-state index >= 15 is 0 Å². The summed E-state index contributed by atoms with van der Waals surface area (Å²) in [6.45, 7) is 0.429. The molecule has 0 aromatic heterocycles. The normalized spacial score (nSPS) is 18.3. The van der Waals surface area contributed by atoms with Crippen LogP contribution in [-0.2, 0) is 4.79 Å². The van der Waals surface area contributed by atoms with Crippen LogP contribution in [-0.4, -0.2) is 95.2 Å². The van der Waals surface area contributed by atoms with Crippen molar-refractivity contribution in [1.29, 1.82) is 0 Å². The minimum atomic E-state index is -0.226. The first-order chi connectivity index (χ1) is 11.3. The van der Waals surface area contributed by atoms with Gasteiger partial charge in [0, 0.05) is 0 Å². The Morgan fingerprint density at radius 2 is 1.50 bits per heavy atom. The average Bonchev–Trinajstić information content (AvgIpc) is 3.40. The van der Waals surface area contributed by atoms with Gasteiger partial charge < -0.3 is 0 Å². The van der Waals surface area contributed by atoms with Gasteiger partial charge in [0.05, 0.1) is 0 Å². The van der Waals surface area contributed by atoms with Gasteiger partial charge in [0.2, 0.25) is 0 Å². The van der Waals surface area contributed by atoms with E-state index in [4.69, 9.17) is 0 Å². The zero-order chi connectivity index (χ0) is 17.9. The Kier molecular flexibility index (Phi) is 6.93. The molecule has 0 radical (unpaired) electrons. The molecule has 0 amide bonds. The molecule has 2 aliphatic carbocycles. The van der Waals surface area contributed by atoms with E-state index in [0.717, 1.165) is 9.08 Å². The number of hydrogen-bond acceptors (Lipinski definition) is 6. The number of ketones is 1. The van der Waals surface area contributed by atoms with Crippen molar-refractivity contribution in [2.75, 3.05) is 34.2 Å². The van der Waals surface area contributed by atoms with Crippen molar-refractivity contribution in [3.05, 3.63) is 11.5 Å². The molecule has 0 spiro atoms. The van der Waals surface area contributed by atoms with Crippen molar-refractivity contribution in [1.82, 2.24) is 9.80 Å². The van der Waals surface area contributed by atoms with Gasteiger partial charge in [-0.15, -0.1) is 0 Å². The van der Waals surface area contributed by atoms with Gasteiger partial charge in [0.15, 0.2) is 0 Å². The molecule has 0 aliphatic heterocycles. The first kappa shape index (κ1) is 19.5. The van der Waals surface area contributed by atoms with Gasteiger partial charge in [0.1, 0.15) is 0 Å². The molecule has 132 valence electrons. The van der Waals surface area contributed by atoms with Crippen LogP contribution in [0.1, 0.15) is 25.7 Å². The van der Waals surface area contributed by atoms with Crippen LogP contribution in [0.15, 0.2) is 21.7 Å². The number of azo groups is 1. The Morgan fingerprint density at radius 3 is 1.92 bits per heavy atom. The predicted molar refractivity (Wildman–Crippen MR) is 97.7 cm³/mol. The molecule has 8 heteroatoms. The number of likely N-dealkylation sites (N-methyl/N-ethyl adjacent to an activating group) is 2. The van der Waals surface area contributed by atoms with Gasteiger partial charge in [0.25, 0.3) is 0 Å². The minimum absolute atomic E-state index is 0.0389. The van der Waals surface area contributed by atoms with E-state index in [9.17, 15) is 9.90 Å². The second-order valence-electron chi connectivity index (χ2n) is 6.46. The molecule has 6 nitrogen and oxygen atoms in total. The third kappa shape index (κ3) is 5.35. The Labute approximate surface area is 159 Å². The molecule has 0 aromatic carbocycles. The van der Waals surface area contributed by atoms with E-state index in [1.165, 1.54) is 32.7 Å².